The maximum Gasteiger partial charge on any atom is 0.231 e. The molecule has 0 radical (unpaired) electrons. The molecule has 0 aliphatic carbocycles. The third-order valence-corrected chi connectivity index (χ3v) is 5.79. The lowest BCUT2D eigenvalue weighted by atomic mass is 10.1. The Morgan fingerprint density at radius 3 is 2.81 bits per heavy atom. The van der Waals surface area contributed by atoms with Crippen LogP contribution in [0.25, 0.3) is 0 Å². The Labute approximate surface area is 165 Å². The van der Waals surface area contributed by atoms with Gasteiger partial charge in [-0.15, -0.1) is 28.1 Å². The summed E-state index contributed by atoms with van der Waals surface area (Å²) >= 11 is 2.87. The highest BCUT2D eigenvalue weighted by atomic mass is 32.2. The van der Waals surface area contributed by atoms with Crippen LogP contribution < -0.4 is 5.32 Å². The van der Waals surface area contributed by atoms with Crippen LogP contribution in [0.1, 0.15) is 22.3 Å². The third kappa shape index (κ3) is 4.84. The van der Waals surface area contributed by atoms with Gasteiger partial charge in [-0.2, -0.15) is 0 Å². The average Bonchev–Trinajstić information content (AvgIpc) is 3.30. The number of nitrogens with zero attached hydrogens (tertiary/aromatic N) is 3. The summed E-state index contributed by atoms with van der Waals surface area (Å²) in [6, 6.07) is 9.75. The number of halogens is 1. The van der Waals surface area contributed by atoms with Gasteiger partial charge in [-0.25, -0.2) is 4.39 Å². The molecule has 5 nitrogen and oxygen atoms in total. The average molecular weight is 403 g/mol. The highest BCUT2D eigenvalue weighted by molar-refractivity contribution is 7.99. The number of thiophene rings is 1. The highest BCUT2D eigenvalue weighted by Gasteiger charge is 2.19. The van der Waals surface area contributed by atoms with Gasteiger partial charge in [0.1, 0.15) is 11.6 Å². The van der Waals surface area contributed by atoms with Crippen molar-refractivity contribution in [1.29, 1.82) is 0 Å². The summed E-state index contributed by atoms with van der Waals surface area (Å²) in [6.45, 7) is 6.19. The summed E-state index contributed by atoms with van der Waals surface area (Å²) in [7, 11) is 0. The Kier molecular flexibility index (Phi) is 6.41. The lowest BCUT2D eigenvalue weighted by molar-refractivity contribution is -0.119. The fraction of sp³-hybridized carbons (Fsp3) is 0.211. The minimum Gasteiger partial charge on any atom is -0.344 e. The summed E-state index contributed by atoms with van der Waals surface area (Å²) in [5, 5.41) is 13.8. The molecule has 2 heterocycles. The Hall–Kier alpha value is -2.45. The van der Waals surface area contributed by atoms with Gasteiger partial charge in [0.25, 0.3) is 0 Å². The molecule has 0 saturated carbocycles. The molecule has 1 aromatic carbocycles. The molecule has 27 heavy (non-hydrogen) atoms. The van der Waals surface area contributed by atoms with E-state index in [0.717, 1.165) is 16.3 Å². The molecular weight excluding hydrogens is 383 g/mol. The molecule has 3 rings (SSSR count). The number of hydrogen-bond donors (Lipinski definition) is 1. The zero-order chi connectivity index (χ0) is 19.2. The first kappa shape index (κ1) is 19.3. The summed E-state index contributed by atoms with van der Waals surface area (Å²) in [6.07, 6.45) is 1.77. The topological polar surface area (TPSA) is 59.8 Å². The zero-order valence-electron chi connectivity index (χ0n) is 14.8. The number of hydrogen-bond acceptors (Lipinski definition) is 5. The molecule has 140 valence electrons. The number of aromatic nitrogens is 3. The van der Waals surface area contributed by atoms with Crippen molar-refractivity contribution in [3.05, 3.63) is 76.5 Å². The second kappa shape index (κ2) is 8.96. The van der Waals surface area contributed by atoms with Crippen LogP contribution in [0.15, 0.2) is 59.6 Å². The molecule has 1 unspecified atom stereocenters. The minimum absolute atomic E-state index is 0.131. The van der Waals surface area contributed by atoms with Gasteiger partial charge in [0.2, 0.25) is 5.91 Å². The van der Waals surface area contributed by atoms with E-state index in [1.165, 1.54) is 23.9 Å². The van der Waals surface area contributed by atoms with E-state index in [9.17, 15) is 9.18 Å². The van der Waals surface area contributed by atoms with E-state index < -0.39 is 0 Å². The van der Waals surface area contributed by atoms with Gasteiger partial charge < -0.3 is 9.88 Å². The summed E-state index contributed by atoms with van der Waals surface area (Å²) < 4.78 is 15.2. The number of aryl methyl sites for hydroxylation is 1. The predicted molar refractivity (Wildman–Crippen MR) is 106 cm³/mol. The molecule has 0 aliphatic rings. The van der Waals surface area contributed by atoms with Gasteiger partial charge in [0.15, 0.2) is 5.16 Å². The Morgan fingerprint density at radius 2 is 2.15 bits per heavy atom. The first-order valence-electron chi connectivity index (χ1n) is 8.30. The van der Waals surface area contributed by atoms with Gasteiger partial charge in [-0.1, -0.05) is 36.0 Å². The summed E-state index contributed by atoms with van der Waals surface area (Å²) in [5.74, 6) is 0.551. The van der Waals surface area contributed by atoms with E-state index in [0.29, 0.717) is 11.7 Å². The lowest BCUT2D eigenvalue weighted by Crippen LogP contribution is -2.30. The number of carbonyl (C=O) groups is 1. The van der Waals surface area contributed by atoms with Gasteiger partial charge in [0, 0.05) is 11.4 Å². The quantitative estimate of drug-likeness (QED) is 0.457. The largest absolute Gasteiger partial charge is 0.344 e. The standard InChI is InChI=1S/C19H19FN4OS2/c1-3-10-24-13(2)22-23-19(24)27-12-17(25)21-18(16-5-4-11-26-16)14-6-8-15(20)9-7-14/h3-9,11,18H,1,10,12H2,2H3,(H,21,25). The molecule has 2 aromatic heterocycles. The van der Waals surface area contributed by atoms with Crippen LogP contribution in [0.3, 0.4) is 0 Å². The molecule has 1 N–H and O–H groups in total. The van der Waals surface area contributed by atoms with E-state index in [4.69, 9.17) is 0 Å². The molecule has 0 aliphatic heterocycles. The van der Waals surface area contributed by atoms with Crippen LogP contribution in [-0.4, -0.2) is 26.4 Å². The van der Waals surface area contributed by atoms with Crippen molar-refractivity contribution in [2.24, 2.45) is 0 Å². The van der Waals surface area contributed by atoms with E-state index in [-0.39, 0.29) is 23.5 Å². The van der Waals surface area contributed by atoms with E-state index in [2.05, 4.69) is 22.1 Å². The maximum absolute atomic E-state index is 13.3. The number of rotatable bonds is 8. The number of amides is 1. The number of nitrogens with one attached hydrogen (secondary N) is 1. The molecule has 0 spiro atoms. The van der Waals surface area contributed by atoms with Gasteiger partial charge >= 0.3 is 0 Å². The lowest BCUT2D eigenvalue weighted by Gasteiger charge is -2.18. The van der Waals surface area contributed by atoms with Crippen LogP contribution >= 0.6 is 23.1 Å². The Balaban J connectivity index is 1.70. The number of carbonyl (C=O) groups excluding carboxylic acids is 1. The number of allylic oxidation sites excluding steroid dienone is 1. The normalized spacial score (nSPS) is 11.9. The van der Waals surface area contributed by atoms with Gasteiger partial charge in [-0.05, 0) is 36.1 Å². The van der Waals surface area contributed by atoms with Gasteiger partial charge in [0.05, 0.1) is 11.8 Å². The van der Waals surface area contributed by atoms with Gasteiger partial charge in [-0.3, -0.25) is 4.79 Å². The SMILES string of the molecule is C=CCn1c(C)nnc1SCC(=O)NC(c1ccc(F)cc1)c1cccs1. The van der Waals surface area contributed by atoms with Crippen LogP contribution in [-0.2, 0) is 11.3 Å². The fourth-order valence-corrected chi connectivity index (χ4v) is 4.18. The molecule has 0 bridgehead atoms. The zero-order valence-corrected chi connectivity index (χ0v) is 16.4. The summed E-state index contributed by atoms with van der Waals surface area (Å²) in [5.41, 5.74) is 0.836. The molecule has 8 heteroatoms. The maximum atomic E-state index is 13.3. The van der Waals surface area contributed by atoms with E-state index in [1.54, 1.807) is 29.5 Å². The Bertz CT molecular complexity index is 906. The molecular formula is C19H19FN4OS2. The molecule has 0 fully saturated rings. The monoisotopic (exact) mass is 402 g/mol. The minimum atomic E-state index is -0.313. The van der Waals surface area contributed by atoms with Crippen LogP contribution in [0.5, 0.6) is 0 Å². The molecule has 1 amide bonds. The third-order valence-electron chi connectivity index (χ3n) is 3.88. The summed E-state index contributed by atoms with van der Waals surface area (Å²) in [4.78, 5) is 13.6. The Morgan fingerprint density at radius 1 is 1.37 bits per heavy atom. The first-order valence-corrected chi connectivity index (χ1v) is 10.2. The van der Waals surface area contributed by atoms with Crippen LogP contribution in [0.4, 0.5) is 4.39 Å². The number of benzene rings is 1. The van der Waals surface area contributed by atoms with Crippen molar-refractivity contribution >= 4 is 29.0 Å². The second-order valence-electron chi connectivity index (χ2n) is 5.79. The molecule has 3 aromatic rings. The van der Waals surface area contributed by atoms with Crippen LogP contribution in [0.2, 0.25) is 0 Å². The van der Waals surface area contributed by atoms with Crippen LogP contribution in [0, 0.1) is 12.7 Å². The van der Waals surface area contributed by atoms with Crippen molar-refractivity contribution in [3.8, 4) is 0 Å². The molecule has 0 saturated heterocycles. The van der Waals surface area contributed by atoms with Crippen molar-refractivity contribution < 1.29 is 9.18 Å². The van der Waals surface area contributed by atoms with E-state index >= 15 is 0 Å². The van der Waals surface area contributed by atoms with E-state index in [1.807, 2.05) is 29.0 Å². The van der Waals surface area contributed by atoms with Crippen molar-refractivity contribution in [2.75, 3.05) is 5.75 Å². The second-order valence-corrected chi connectivity index (χ2v) is 7.71. The highest BCUT2D eigenvalue weighted by Crippen LogP contribution is 2.27. The molecule has 1 atom stereocenters. The smallest absolute Gasteiger partial charge is 0.231 e. The van der Waals surface area contributed by atoms with Crippen molar-refractivity contribution in [1.82, 2.24) is 20.1 Å². The van der Waals surface area contributed by atoms with Crippen molar-refractivity contribution in [2.45, 2.75) is 24.7 Å². The predicted octanol–water partition coefficient (Wildman–Crippen LogP) is 3.97. The number of thioether (sulfide) groups is 1. The fourth-order valence-electron chi connectivity index (χ4n) is 2.57. The van der Waals surface area contributed by atoms with Crippen molar-refractivity contribution in [3.63, 3.8) is 0 Å². The first-order chi connectivity index (χ1) is 13.1.